The molecule has 0 radical (unpaired) electrons. The van der Waals surface area contributed by atoms with Crippen molar-refractivity contribution < 1.29 is 4.79 Å². The molecular weight excluding hydrogens is 308 g/mol. The summed E-state index contributed by atoms with van der Waals surface area (Å²) in [5.74, 6) is 0.461. The topological polar surface area (TPSA) is 55.1 Å². The third-order valence-corrected chi connectivity index (χ3v) is 3.67. The zero-order valence-electron chi connectivity index (χ0n) is 13.7. The lowest BCUT2D eigenvalue weighted by Gasteiger charge is -2.21. The summed E-state index contributed by atoms with van der Waals surface area (Å²) in [5.41, 5.74) is 8.42. The van der Waals surface area contributed by atoms with Crippen LogP contribution < -0.4 is 11.1 Å². The average Bonchev–Trinajstić information content (AvgIpc) is 2.54. The van der Waals surface area contributed by atoms with Crippen molar-refractivity contribution >= 4 is 18.3 Å². The number of benzene rings is 2. The largest absolute Gasteiger partial charge is 0.345 e. The van der Waals surface area contributed by atoms with Gasteiger partial charge in [-0.3, -0.25) is 4.79 Å². The highest BCUT2D eigenvalue weighted by Gasteiger charge is 2.16. The summed E-state index contributed by atoms with van der Waals surface area (Å²) in [6.45, 7) is 4.82. The Bertz CT molecular complexity index is 597. The summed E-state index contributed by atoms with van der Waals surface area (Å²) in [7, 11) is 0. The van der Waals surface area contributed by atoms with Gasteiger partial charge in [0.05, 0.1) is 6.04 Å². The van der Waals surface area contributed by atoms with Gasteiger partial charge in [-0.15, -0.1) is 12.4 Å². The lowest BCUT2D eigenvalue weighted by atomic mass is 9.96. The van der Waals surface area contributed by atoms with Gasteiger partial charge in [0, 0.05) is 12.1 Å². The van der Waals surface area contributed by atoms with Gasteiger partial charge in [-0.2, -0.15) is 0 Å². The summed E-state index contributed by atoms with van der Waals surface area (Å²) < 4.78 is 0. The van der Waals surface area contributed by atoms with E-state index < -0.39 is 0 Å². The minimum atomic E-state index is -0.0434. The summed E-state index contributed by atoms with van der Waals surface area (Å²) in [6.07, 6.45) is 0.913. The van der Waals surface area contributed by atoms with Gasteiger partial charge in [-0.25, -0.2) is 0 Å². The Labute approximate surface area is 144 Å². The molecule has 1 unspecified atom stereocenters. The van der Waals surface area contributed by atoms with Crippen molar-refractivity contribution in [1.82, 2.24) is 5.32 Å². The van der Waals surface area contributed by atoms with E-state index in [9.17, 15) is 4.79 Å². The summed E-state index contributed by atoms with van der Waals surface area (Å²) in [6, 6.07) is 17.6. The molecule has 0 bridgehead atoms. The summed E-state index contributed by atoms with van der Waals surface area (Å²) >= 11 is 0. The molecule has 0 aliphatic rings. The summed E-state index contributed by atoms with van der Waals surface area (Å²) in [5, 5.41) is 3.15. The van der Waals surface area contributed by atoms with Gasteiger partial charge >= 0.3 is 0 Å². The molecule has 0 aliphatic heterocycles. The molecule has 0 saturated heterocycles. The van der Waals surface area contributed by atoms with E-state index in [0.29, 0.717) is 18.0 Å². The molecule has 0 heterocycles. The molecule has 2 rings (SSSR count). The average molecular weight is 333 g/mol. The first-order valence-electron chi connectivity index (χ1n) is 7.75. The number of carbonyl (C=O) groups is 1. The van der Waals surface area contributed by atoms with Crippen LogP contribution in [0.1, 0.15) is 47.8 Å². The van der Waals surface area contributed by atoms with Crippen LogP contribution in [-0.2, 0) is 6.54 Å². The molecule has 2 aromatic carbocycles. The maximum absolute atomic E-state index is 12.5. The number of nitrogens with one attached hydrogen (secondary N) is 1. The number of hydrogen-bond acceptors (Lipinski definition) is 2. The van der Waals surface area contributed by atoms with Gasteiger partial charge < -0.3 is 11.1 Å². The molecule has 0 aromatic heterocycles. The molecule has 1 amide bonds. The van der Waals surface area contributed by atoms with E-state index in [1.54, 1.807) is 0 Å². The van der Waals surface area contributed by atoms with Crippen LogP contribution in [0.15, 0.2) is 54.6 Å². The fourth-order valence-corrected chi connectivity index (χ4v) is 2.47. The molecule has 0 spiro atoms. The number of hydrogen-bond donors (Lipinski definition) is 2. The van der Waals surface area contributed by atoms with Crippen molar-refractivity contribution in [3.63, 3.8) is 0 Å². The van der Waals surface area contributed by atoms with Gasteiger partial charge in [0.15, 0.2) is 0 Å². The standard InChI is InChI=1S/C19H24N2O.ClH/c1-14(2)12-18(16-6-4-3-5-7-16)21-19(22)17-10-8-15(13-20)9-11-17;/h3-11,14,18H,12-13,20H2,1-2H3,(H,21,22);1H. The lowest BCUT2D eigenvalue weighted by molar-refractivity contribution is 0.0932. The SMILES string of the molecule is CC(C)CC(NC(=O)c1ccc(CN)cc1)c1ccccc1.Cl. The predicted molar refractivity (Wildman–Crippen MR) is 97.7 cm³/mol. The van der Waals surface area contributed by atoms with Crippen LogP contribution in [0.2, 0.25) is 0 Å². The van der Waals surface area contributed by atoms with E-state index in [0.717, 1.165) is 17.5 Å². The Morgan fingerprint density at radius 2 is 1.65 bits per heavy atom. The van der Waals surface area contributed by atoms with Crippen LogP contribution in [0.4, 0.5) is 0 Å². The predicted octanol–water partition coefficient (Wildman–Crippen LogP) is 4.08. The molecule has 23 heavy (non-hydrogen) atoms. The van der Waals surface area contributed by atoms with E-state index in [-0.39, 0.29) is 24.4 Å². The number of nitrogens with two attached hydrogens (primary N) is 1. The Morgan fingerprint density at radius 1 is 1.04 bits per heavy atom. The minimum absolute atomic E-state index is 0. The number of halogens is 1. The number of rotatable bonds is 6. The van der Waals surface area contributed by atoms with Crippen LogP contribution in [0.3, 0.4) is 0 Å². The monoisotopic (exact) mass is 332 g/mol. The maximum Gasteiger partial charge on any atom is 0.251 e. The van der Waals surface area contributed by atoms with Gasteiger partial charge in [0.2, 0.25) is 0 Å². The first-order chi connectivity index (χ1) is 10.6. The molecule has 124 valence electrons. The maximum atomic E-state index is 12.5. The van der Waals surface area contributed by atoms with E-state index >= 15 is 0 Å². The normalized spacial score (nSPS) is 11.7. The molecule has 0 fully saturated rings. The molecule has 2 aromatic rings. The number of carbonyl (C=O) groups excluding carboxylic acids is 1. The molecule has 4 heteroatoms. The molecule has 1 atom stereocenters. The van der Waals surface area contributed by atoms with Crippen molar-refractivity contribution in [2.45, 2.75) is 32.9 Å². The van der Waals surface area contributed by atoms with Crippen LogP contribution in [0.25, 0.3) is 0 Å². The highest BCUT2D eigenvalue weighted by atomic mass is 35.5. The first-order valence-corrected chi connectivity index (χ1v) is 7.75. The van der Waals surface area contributed by atoms with Gasteiger partial charge in [-0.1, -0.05) is 56.3 Å². The summed E-state index contributed by atoms with van der Waals surface area (Å²) in [4.78, 5) is 12.5. The Balaban J connectivity index is 0.00000264. The van der Waals surface area contributed by atoms with Crippen molar-refractivity contribution in [1.29, 1.82) is 0 Å². The first kappa shape index (κ1) is 19.2. The van der Waals surface area contributed by atoms with Gasteiger partial charge in [0.1, 0.15) is 0 Å². The minimum Gasteiger partial charge on any atom is -0.345 e. The Kier molecular flexibility index (Phi) is 7.79. The number of amides is 1. The van der Waals surface area contributed by atoms with Crippen molar-refractivity contribution in [2.24, 2.45) is 11.7 Å². The second-order valence-corrected chi connectivity index (χ2v) is 5.97. The van der Waals surface area contributed by atoms with E-state index in [4.69, 9.17) is 5.73 Å². The van der Waals surface area contributed by atoms with Gasteiger partial charge in [-0.05, 0) is 35.6 Å². The third-order valence-electron chi connectivity index (χ3n) is 3.67. The highest BCUT2D eigenvalue weighted by molar-refractivity contribution is 5.94. The second kappa shape index (κ2) is 9.33. The van der Waals surface area contributed by atoms with Gasteiger partial charge in [0.25, 0.3) is 5.91 Å². The second-order valence-electron chi connectivity index (χ2n) is 5.97. The fraction of sp³-hybridized carbons (Fsp3) is 0.316. The van der Waals surface area contributed by atoms with Crippen LogP contribution in [-0.4, -0.2) is 5.91 Å². The van der Waals surface area contributed by atoms with Crippen molar-refractivity contribution in [3.05, 3.63) is 71.3 Å². The Morgan fingerprint density at radius 3 is 2.17 bits per heavy atom. The van der Waals surface area contributed by atoms with Crippen LogP contribution >= 0.6 is 12.4 Å². The smallest absolute Gasteiger partial charge is 0.251 e. The van der Waals surface area contributed by atoms with Crippen molar-refractivity contribution in [2.75, 3.05) is 0 Å². The third kappa shape index (κ3) is 5.70. The van der Waals surface area contributed by atoms with Crippen LogP contribution in [0.5, 0.6) is 0 Å². The van der Waals surface area contributed by atoms with E-state index in [2.05, 4.69) is 31.3 Å². The molecule has 3 N–H and O–H groups in total. The fourth-order valence-electron chi connectivity index (χ4n) is 2.47. The quantitative estimate of drug-likeness (QED) is 0.837. The molecular formula is C19H25ClN2O. The lowest BCUT2D eigenvalue weighted by Crippen LogP contribution is -2.29. The van der Waals surface area contributed by atoms with Crippen LogP contribution in [0, 0.1) is 5.92 Å². The highest BCUT2D eigenvalue weighted by Crippen LogP contribution is 2.21. The van der Waals surface area contributed by atoms with Crippen molar-refractivity contribution in [3.8, 4) is 0 Å². The molecule has 3 nitrogen and oxygen atoms in total. The molecule has 0 aliphatic carbocycles. The van der Waals surface area contributed by atoms with E-state index in [1.807, 2.05) is 42.5 Å². The van der Waals surface area contributed by atoms with E-state index in [1.165, 1.54) is 0 Å². The zero-order chi connectivity index (χ0) is 15.9. The zero-order valence-corrected chi connectivity index (χ0v) is 14.5. The Hall–Kier alpha value is -1.84. The molecule has 0 saturated carbocycles.